The van der Waals surface area contributed by atoms with E-state index in [4.69, 9.17) is 4.74 Å². The van der Waals surface area contributed by atoms with Crippen molar-refractivity contribution < 1.29 is 9.84 Å². The predicted molar refractivity (Wildman–Crippen MR) is 87.4 cm³/mol. The van der Waals surface area contributed by atoms with Gasteiger partial charge in [-0.2, -0.15) is 0 Å². The maximum Gasteiger partial charge on any atom is 0.0900 e. The number of ether oxygens (including phenoxy) is 1. The van der Waals surface area contributed by atoms with Crippen LogP contribution in [0.15, 0.2) is 0 Å². The van der Waals surface area contributed by atoms with E-state index in [1.54, 1.807) is 0 Å². The van der Waals surface area contributed by atoms with Crippen LogP contribution in [0, 0.1) is 17.8 Å². The molecule has 0 aromatic rings. The molecule has 2 aliphatic rings. The van der Waals surface area contributed by atoms with Crippen molar-refractivity contribution in [2.24, 2.45) is 17.8 Å². The smallest absolute Gasteiger partial charge is 0.0900 e. The van der Waals surface area contributed by atoms with Crippen LogP contribution in [0.2, 0.25) is 0 Å². The van der Waals surface area contributed by atoms with Gasteiger partial charge in [-0.25, -0.2) is 0 Å². The van der Waals surface area contributed by atoms with Gasteiger partial charge in [0.05, 0.1) is 18.8 Å². The van der Waals surface area contributed by atoms with Crippen molar-refractivity contribution in [2.75, 3.05) is 26.2 Å². The normalized spacial score (nSPS) is 33.3. The number of likely N-dealkylation sites (tertiary alicyclic amines) is 1. The van der Waals surface area contributed by atoms with E-state index >= 15 is 0 Å². The standard InChI is InChI=1S/C18H35NO2/c1-14(2)17-8-7-15(3)11-18(17)21-13-16(20)12-19-9-5-4-6-10-19/h14-18,20H,4-13H2,1-3H3/t15-,16+,17+,18-/m0/s1. The first-order chi connectivity index (χ1) is 10.1. The summed E-state index contributed by atoms with van der Waals surface area (Å²) in [4.78, 5) is 2.39. The highest BCUT2D eigenvalue weighted by Crippen LogP contribution is 2.35. The van der Waals surface area contributed by atoms with Gasteiger partial charge in [-0.15, -0.1) is 0 Å². The Morgan fingerprint density at radius 1 is 1.14 bits per heavy atom. The molecule has 1 saturated carbocycles. The number of hydrogen-bond acceptors (Lipinski definition) is 3. The fourth-order valence-electron chi connectivity index (χ4n) is 4.03. The summed E-state index contributed by atoms with van der Waals surface area (Å²) < 4.78 is 6.15. The van der Waals surface area contributed by atoms with E-state index in [-0.39, 0.29) is 6.10 Å². The van der Waals surface area contributed by atoms with Gasteiger partial charge < -0.3 is 14.7 Å². The lowest BCUT2D eigenvalue weighted by Crippen LogP contribution is -2.40. The first-order valence-electron chi connectivity index (χ1n) is 9.08. The van der Waals surface area contributed by atoms with Gasteiger partial charge >= 0.3 is 0 Å². The third-order valence-corrected chi connectivity index (χ3v) is 5.38. The molecule has 21 heavy (non-hydrogen) atoms. The molecular formula is C18H35NO2. The number of piperidine rings is 1. The van der Waals surface area contributed by atoms with E-state index in [0.29, 0.717) is 24.5 Å². The lowest BCUT2D eigenvalue weighted by Gasteiger charge is -2.38. The molecule has 1 heterocycles. The Balaban J connectivity index is 1.73. The lowest BCUT2D eigenvalue weighted by molar-refractivity contribution is -0.0744. The number of nitrogens with zero attached hydrogens (tertiary/aromatic N) is 1. The Kier molecular flexibility index (Phi) is 6.97. The molecule has 0 amide bonds. The van der Waals surface area contributed by atoms with Gasteiger partial charge in [0.2, 0.25) is 0 Å². The molecule has 0 bridgehead atoms. The van der Waals surface area contributed by atoms with Gasteiger partial charge in [-0.1, -0.05) is 33.6 Å². The van der Waals surface area contributed by atoms with Crippen LogP contribution >= 0.6 is 0 Å². The second-order valence-corrected chi connectivity index (χ2v) is 7.71. The summed E-state index contributed by atoms with van der Waals surface area (Å²) >= 11 is 0. The first kappa shape index (κ1) is 17.2. The molecule has 124 valence electrons. The number of hydrogen-bond donors (Lipinski definition) is 1. The molecule has 0 radical (unpaired) electrons. The fourth-order valence-corrected chi connectivity index (χ4v) is 4.03. The van der Waals surface area contributed by atoms with Gasteiger partial charge in [0.1, 0.15) is 0 Å². The minimum absolute atomic E-state index is 0.326. The van der Waals surface area contributed by atoms with Crippen molar-refractivity contribution in [1.29, 1.82) is 0 Å². The topological polar surface area (TPSA) is 32.7 Å². The summed E-state index contributed by atoms with van der Waals surface area (Å²) in [5.41, 5.74) is 0. The summed E-state index contributed by atoms with van der Waals surface area (Å²) in [7, 11) is 0. The van der Waals surface area contributed by atoms with Crippen LogP contribution in [0.1, 0.15) is 59.3 Å². The molecule has 1 saturated heterocycles. The molecule has 1 aliphatic heterocycles. The Hall–Kier alpha value is -0.120. The van der Waals surface area contributed by atoms with Crippen molar-refractivity contribution in [2.45, 2.75) is 71.5 Å². The predicted octanol–water partition coefficient (Wildman–Crippen LogP) is 3.31. The van der Waals surface area contributed by atoms with Crippen molar-refractivity contribution >= 4 is 0 Å². The first-order valence-corrected chi connectivity index (χ1v) is 9.08. The third-order valence-electron chi connectivity index (χ3n) is 5.38. The zero-order valence-corrected chi connectivity index (χ0v) is 14.3. The minimum Gasteiger partial charge on any atom is -0.389 e. The number of aliphatic hydroxyl groups excluding tert-OH is 1. The molecule has 1 N–H and O–H groups in total. The van der Waals surface area contributed by atoms with Crippen molar-refractivity contribution in [3.63, 3.8) is 0 Å². The molecule has 1 aliphatic carbocycles. The van der Waals surface area contributed by atoms with E-state index < -0.39 is 0 Å². The average molecular weight is 297 g/mol. The van der Waals surface area contributed by atoms with Crippen molar-refractivity contribution in [3.8, 4) is 0 Å². The highest BCUT2D eigenvalue weighted by molar-refractivity contribution is 4.82. The van der Waals surface area contributed by atoms with Crippen LogP contribution in [0.3, 0.4) is 0 Å². The lowest BCUT2D eigenvalue weighted by atomic mass is 9.75. The van der Waals surface area contributed by atoms with E-state index in [2.05, 4.69) is 25.7 Å². The highest BCUT2D eigenvalue weighted by atomic mass is 16.5. The van der Waals surface area contributed by atoms with Crippen molar-refractivity contribution in [3.05, 3.63) is 0 Å². The van der Waals surface area contributed by atoms with Crippen LogP contribution in [0.5, 0.6) is 0 Å². The minimum atomic E-state index is -0.326. The van der Waals surface area contributed by atoms with Gasteiger partial charge in [-0.3, -0.25) is 0 Å². The summed E-state index contributed by atoms with van der Waals surface area (Å²) in [5, 5.41) is 10.3. The molecule has 3 nitrogen and oxygen atoms in total. The molecule has 2 fully saturated rings. The van der Waals surface area contributed by atoms with Crippen molar-refractivity contribution in [1.82, 2.24) is 4.90 Å². The Labute approximate surface area is 131 Å². The summed E-state index contributed by atoms with van der Waals surface area (Å²) in [6.07, 6.45) is 7.72. The quantitative estimate of drug-likeness (QED) is 0.816. The van der Waals surface area contributed by atoms with Crippen LogP contribution in [0.25, 0.3) is 0 Å². The molecular weight excluding hydrogens is 262 g/mol. The molecule has 0 spiro atoms. The molecule has 0 unspecified atom stereocenters. The van der Waals surface area contributed by atoms with Crippen LogP contribution < -0.4 is 0 Å². The Morgan fingerprint density at radius 2 is 1.86 bits per heavy atom. The van der Waals surface area contributed by atoms with E-state index in [9.17, 15) is 5.11 Å². The fraction of sp³-hybridized carbons (Fsp3) is 1.00. The number of rotatable bonds is 6. The molecule has 3 heteroatoms. The van der Waals surface area contributed by atoms with Crippen LogP contribution in [0.4, 0.5) is 0 Å². The van der Waals surface area contributed by atoms with E-state index in [0.717, 1.165) is 25.6 Å². The number of aliphatic hydroxyl groups is 1. The van der Waals surface area contributed by atoms with E-state index in [1.807, 2.05) is 0 Å². The summed E-state index contributed by atoms with van der Waals surface area (Å²) in [6.45, 7) is 10.5. The summed E-state index contributed by atoms with van der Waals surface area (Å²) in [6, 6.07) is 0. The highest BCUT2D eigenvalue weighted by Gasteiger charge is 2.31. The van der Waals surface area contributed by atoms with Crippen LogP contribution in [-0.2, 0) is 4.74 Å². The maximum absolute atomic E-state index is 10.3. The summed E-state index contributed by atoms with van der Waals surface area (Å²) in [5.74, 6) is 2.12. The second-order valence-electron chi connectivity index (χ2n) is 7.71. The largest absolute Gasteiger partial charge is 0.389 e. The zero-order chi connectivity index (χ0) is 15.2. The molecule has 4 atom stereocenters. The zero-order valence-electron chi connectivity index (χ0n) is 14.3. The van der Waals surface area contributed by atoms with Gasteiger partial charge in [0.25, 0.3) is 0 Å². The third kappa shape index (κ3) is 5.54. The Morgan fingerprint density at radius 3 is 2.52 bits per heavy atom. The average Bonchev–Trinajstić information content (AvgIpc) is 2.46. The van der Waals surface area contributed by atoms with Gasteiger partial charge in [0.15, 0.2) is 0 Å². The Bertz CT molecular complexity index is 289. The second kappa shape index (κ2) is 8.50. The molecule has 2 rings (SSSR count). The maximum atomic E-state index is 10.3. The number of β-amino-alcohol motifs (C(OH)–C–C–N with tert-alkyl or cyclic N) is 1. The SMILES string of the molecule is CC(C)[C@H]1CC[C@H](C)C[C@@H]1OC[C@H](O)CN1CCCCC1. The molecule has 0 aromatic carbocycles. The molecule has 0 aromatic heterocycles. The van der Waals surface area contributed by atoms with E-state index in [1.165, 1.54) is 38.5 Å². The van der Waals surface area contributed by atoms with Gasteiger partial charge in [-0.05, 0) is 56.5 Å². The monoisotopic (exact) mass is 297 g/mol. The van der Waals surface area contributed by atoms with Crippen LogP contribution in [-0.4, -0.2) is 48.5 Å². The van der Waals surface area contributed by atoms with Gasteiger partial charge in [0, 0.05) is 6.54 Å².